The largest absolute Gasteiger partial charge is 0.496 e. The minimum atomic E-state index is -3.62. The van der Waals surface area contributed by atoms with E-state index in [2.05, 4.69) is 26.6 Å². The van der Waals surface area contributed by atoms with Crippen LogP contribution in [-0.4, -0.2) is 70.1 Å². The fourth-order valence-electron chi connectivity index (χ4n) is 3.45. The second-order valence-corrected chi connectivity index (χ2v) is 8.89. The summed E-state index contributed by atoms with van der Waals surface area (Å²) in [6, 6.07) is 8.72. The zero-order valence-corrected chi connectivity index (χ0v) is 17.4. The van der Waals surface area contributed by atoms with Crippen LogP contribution in [0, 0.1) is 6.92 Å². The summed E-state index contributed by atoms with van der Waals surface area (Å²) in [6.07, 6.45) is 3.55. The monoisotopic (exact) mass is 404 g/mol. The highest BCUT2D eigenvalue weighted by atomic mass is 32.2. The van der Waals surface area contributed by atoms with E-state index in [0.29, 0.717) is 12.3 Å². The maximum Gasteiger partial charge on any atom is 0.240 e. The van der Waals surface area contributed by atoms with Crippen molar-refractivity contribution in [2.24, 2.45) is 0 Å². The molecule has 1 fully saturated rings. The topological polar surface area (TPSA) is 74.8 Å². The number of sulfonamides is 1. The van der Waals surface area contributed by atoms with Crippen molar-refractivity contribution in [3.63, 3.8) is 0 Å². The number of hydrogen-bond donors (Lipinski definition) is 1. The molecule has 3 rings (SSSR count). The Bertz CT molecular complexity index is 882. The number of benzene rings is 1. The van der Waals surface area contributed by atoms with Crippen LogP contribution in [0.5, 0.6) is 5.75 Å². The lowest BCUT2D eigenvalue weighted by Gasteiger charge is -2.38. The highest BCUT2D eigenvalue weighted by Gasteiger charge is 2.26. The quantitative estimate of drug-likeness (QED) is 0.757. The molecule has 0 radical (unpaired) electrons. The van der Waals surface area contributed by atoms with Crippen LogP contribution < -0.4 is 9.46 Å². The SMILES string of the molecule is COc1ccc(S(=O)(=O)NC[C@H](c2cccnc2)N2CCN(C)CC2)cc1C. The number of nitrogens with one attached hydrogen (secondary N) is 1. The number of ether oxygens (including phenoxy) is 1. The molecule has 0 aliphatic carbocycles. The number of hydrogen-bond acceptors (Lipinski definition) is 6. The van der Waals surface area contributed by atoms with Crippen LogP contribution in [0.25, 0.3) is 0 Å². The minimum absolute atomic E-state index is 0.0588. The Morgan fingerprint density at radius 1 is 1.21 bits per heavy atom. The first-order valence-electron chi connectivity index (χ1n) is 9.37. The van der Waals surface area contributed by atoms with Crippen LogP contribution in [0.2, 0.25) is 0 Å². The lowest BCUT2D eigenvalue weighted by molar-refractivity contribution is 0.112. The van der Waals surface area contributed by atoms with Gasteiger partial charge in [-0.1, -0.05) is 6.07 Å². The van der Waals surface area contributed by atoms with Gasteiger partial charge in [-0.2, -0.15) is 0 Å². The summed E-state index contributed by atoms with van der Waals surface area (Å²) in [4.78, 5) is 9.06. The number of aromatic nitrogens is 1. The first-order chi connectivity index (χ1) is 13.4. The van der Waals surface area contributed by atoms with Crippen molar-refractivity contribution in [2.45, 2.75) is 17.9 Å². The van der Waals surface area contributed by atoms with Gasteiger partial charge in [0.25, 0.3) is 0 Å². The third-order valence-corrected chi connectivity index (χ3v) is 6.61. The highest BCUT2D eigenvalue weighted by molar-refractivity contribution is 7.89. The summed E-state index contributed by atoms with van der Waals surface area (Å²) < 4.78 is 33.7. The molecule has 0 unspecified atom stereocenters. The number of methoxy groups -OCH3 is 1. The lowest BCUT2D eigenvalue weighted by atomic mass is 10.1. The molecule has 1 aromatic carbocycles. The third kappa shape index (κ3) is 4.88. The van der Waals surface area contributed by atoms with Gasteiger partial charge in [-0.3, -0.25) is 9.88 Å². The molecule has 0 amide bonds. The Labute approximate surface area is 167 Å². The summed E-state index contributed by atoms with van der Waals surface area (Å²) in [5, 5.41) is 0. The molecule has 152 valence electrons. The molecule has 0 saturated carbocycles. The van der Waals surface area contributed by atoms with E-state index in [1.54, 1.807) is 31.5 Å². The second-order valence-electron chi connectivity index (χ2n) is 7.12. The molecule has 1 atom stereocenters. The van der Waals surface area contributed by atoms with Crippen LogP contribution in [0.15, 0.2) is 47.6 Å². The first-order valence-corrected chi connectivity index (χ1v) is 10.9. The van der Waals surface area contributed by atoms with Gasteiger partial charge in [0.15, 0.2) is 0 Å². The van der Waals surface area contributed by atoms with Crippen molar-refractivity contribution in [1.82, 2.24) is 19.5 Å². The molecule has 1 saturated heterocycles. The Morgan fingerprint density at radius 3 is 2.57 bits per heavy atom. The zero-order chi connectivity index (χ0) is 20.1. The van der Waals surface area contributed by atoms with E-state index in [1.807, 2.05) is 25.3 Å². The maximum atomic E-state index is 12.9. The van der Waals surface area contributed by atoms with Gasteiger partial charge >= 0.3 is 0 Å². The van der Waals surface area contributed by atoms with Gasteiger partial charge in [-0.25, -0.2) is 13.1 Å². The van der Waals surface area contributed by atoms with E-state index >= 15 is 0 Å². The van der Waals surface area contributed by atoms with Gasteiger partial charge in [-0.15, -0.1) is 0 Å². The average molecular weight is 405 g/mol. The van der Waals surface area contributed by atoms with Crippen LogP contribution in [-0.2, 0) is 10.0 Å². The summed E-state index contributed by atoms with van der Waals surface area (Å²) in [5.41, 5.74) is 1.80. The van der Waals surface area contributed by atoms with Crippen molar-refractivity contribution >= 4 is 10.0 Å². The number of aryl methyl sites for hydroxylation is 1. The Hall–Kier alpha value is -2.00. The zero-order valence-electron chi connectivity index (χ0n) is 16.6. The molecule has 0 spiro atoms. The first kappa shape index (κ1) is 20.7. The smallest absolute Gasteiger partial charge is 0.240 e. The third-order valence-electron chi connectivity index (χ3n) is 5.19. The van der Waals surface area contributed by atoms with Gasteiger partial charge in [0.1, 0.15) is 5.75 Å². The van der Waals surface area contributed by atoms with Crippen LogP contribution in [0.4, 0.5) is 0 Å². The van der Waals surface area contributed by atoms with Gasteiger partial charge in [-0.05, 0) is 49.4 Å². The van der Waals surface area contributed by atoms with Crippen molar-refractivity contribution < 1.29 is 13.2 Å². The van der Waals surface area contributed by atoms with Crippen LogP contribution in [0.3, 0.4) is 0 Å². The molecule has 1 N–H and O–H groups in total. The Balaban J connectivity index is 1.78. The molecule has 8 heteroatoms. The van der Waals surface area contributed by atoms with Crippen molar-refractivity contribution in [2.75, 3.05) is 46.9 Å². The molecule has 7 nitrogen and oxygen atoms in total. The second kappa shape index (κ2) is 9.00. The molecule has 1 aliphatic heterocycles. The Morgan fingerprint density at radius 2 is 1.96 bits per heavy atom. The molecule has 0 bridgehead atoms. The average Bonchev–Trinajstić information content (AvgIpc) is 2.70. The van der Waals surface area contributed by atoms with Gasteiger partial charge < -0.3 is 9.64 Å². The fourth-order valence-corrected chi connectivity index (χ4v) is 4.58. The van der Waals surface area contributed by atoms with Gasteiger partial charge in [0, 0.05) is 51.2 Å². The molecular formula is C20H28N4O3S. The van der Waals surface area contributed by atoms with E-state index in [9.17, 15) is 8.42 Å². The molecule has 2 heterocycles. The molecular weight excluding hydrogens is 376 g/mol. The molecule has 1 aliphatic rings. The van der Waals surface area contributed by atoms with E-state index < -0.39 is 10.0 Å². The van der Waals surface area contributed by atoms with Gasteiger partial charge in [0.2, 0.25) is 10.0 Å². The number of likely N-dealkylation sites (N-methyl/N-ethyl adjacent to an activating group) is 1. The number of rotatable bonds is 7. The molecule has 28 heavy (non-hydrogen) atoms. The Kier molecular flexibility index (Phi) is 6.66. The van der Waals surface area contributed by atoms with E-state index in [4.69, 9.17) is 4.74 Å². The van der Waals surface area contributed by atoms with E-state index in [0.717, 1.165) is 37.3 Å². The lowest BCUT2D eigenvalue weighted by Crippen LogP contribution is -2.48. The van der Waals surface area contributed by atoms with Crippen LogP contribution in [0.1, 0.15) is 17.2 Å². The summed E-state index contributed by atoms with van der Waals surface area (Å²) in [7, 11) is 0.0517. The number of pyridine rings is 1. The van der Waals surface area contributed by atoms with E-state index in [1.165, 1.54) is 0 Å². The fraction of sp³-hybridized carbons (Fsp3) is 0.450. The summed E-state index contributed by atoms with van der Waals surface area (Å²) >= 11 is 0. The van der Waals surface area contributed by atoms with Crippen molar-refractivity contribution in [1.29, 1.82) is 0 Å². The van der Waals surface area contributed by atoms with Gasteiger partial charge in [0.05, 0.1) is 12.0 Å². The predicted octanol–water partition coefficient (Wildman–Crippen LogP) is 1.67. The number of piperazine rings is 1. The van der Waals surface area contributed by atoms with Crippen molar-refractivity contribution in [3.8, 4) is 5.75 Å². The van der Waals surface area contributed by atoms with Crippen molar-refractivity contribution in [3.05, 3.63) is 53.9 Å². The molecule has 1 aromatic heterocycles. The predicted molar refractivity (Wildman–Crippen MR) is 109 cm³/mol. The standard InChI is InChI=1S/C20H28N4O3S/c1-16-13-18(6-7-20(16)27-3)28(25,26)22-15-19(17-5-4-8-21-14-17)24-11-9-23(2)10-12-24/h4-8,13-14,19,22H,9-12,15H2,1-3H3/t19-/m1/s1. The summed E-state index contributed by atoms with van der Waals surface area (Å²) in [5.74, 6) is 0.671. The molecule has 2 aromatic rings. The van der Waals surface area contributed by atoms with E-state index in [-0.39, 0.29) is 10.9 Å². The highest BCUT2D eigenvalue weighted by Crippen LogP contribution is 2.24. The normalized spacial score (nSPS) is 17.4. The summed E-state index contributed by atoms with van der Waals surface area (Å²) in [6.45, 7) is 5.82. The van der Waals surface area contributed by atoms with Crippen LogP contribution >= 0.6 is 0 Å². The number of nitrogens with zero attached hydrogens (tertiary/aromatic N) is 3. The minimum Gasteiger partial charge on any atom is -0.496 e. The maximum absolute atomic E-state index is 12.9.